The van der Waals surface area contributed by atoms with E-state index in [-0.39, 0.29) is 4.90 Å². The van der Waals surface area contributed by atoms with E-state index in [0.717, 1.165) is 0 Å². The molecule has 1 aromatic carbocycles. The molecular formula is C14H16ClNO2S2. The Morgan fingerprint density at radius 3 is 2.50 bits per heavy atom. The van der Waals surface area contributed by atoms with Crippen LogP contribution < -0.4 is 5.32 Å². The molecule has 0 atom stereocenters. The molecule has 1 N–H and O–H groups in total. The molecule has 1 aromatic heterocycles. The van der Waals surface area contributed by atoms with Crippen molar-refractivity contribution >= 4 is 38.5 Å². The Kier molecular flexibility index (Phi) is 4.42. The van der Waals surface area contributed by atoms with Gasteiger partial charge in [0.05, 0.1) is 15.6 Å². The summed E-state index contributed by atoms with van der Waals surface area (Å²) in [6.45, 7) is 4.77. The van der Waals surface area contributed by atoms with E-state index in [2.05, 4.69) is 25.2 Å². The smallest absolute Gasteiger partial charge is 0.175 e. The summed E-state index contributed by atoms with van der Waals surface area (Å²) in [6, 6.07) is 6.82. The minimum Gasteiger partial charge on any atom is -0.380 e. The van der Waals surface area contributed by atoms with E-state index in [4.69, 9.17) is 11.6 Å². The maximum atomic E-state index is 11.6. The number of nitrogens with one attached hydrogen (secondary N) is 1. The quantitative estimate of drug-likeness (QED) is 0.921. The molecule has 0 fully saturated rings. The van der Waals surface area contributed by atoms with Gasteiger partial charge in [0.25, 0.3) is 0 Å². The lowest BCUT2D eigenvalue weighted by Crippen LogP contribution is -2.03. The van der Waals surface area contributed by atoms with E-state index in [1.54, 1.807) is 23.5 Å². The number of hydrogen-bond acceptors (Lipinski definition) is 4. The van der Waals surface area contributed by atoms with E-state index in [0.29, 0.717) is 17.3 Å². The molecule has 108 valence electrons. The third kappa shape index (κ3) is 3.53. The number of sulfone groups is 1. The second-order valence-electron chi connectivity index (χ2n) is 4.71. The summed E-state index contributed by atoms with van der Waals surface area (Å²) in [6.07, 6.45) is 1.19. The van der Waals surface area contributed by atoms with Crippen molar-refractivity contribution in [2.75, 3.05) is 11.6 Å². The van der Waals surface area contributed by atoms with E-state index in [1.165, 1.54) is 27.6 Å². The van der Waals surface area contributed by atoms with Crippen molar-refractivity contribution in [3.8, 4) is 0 Å². The Bertz CT molecular complexity index is 736. The summed E-state index contributed by atoms with van der Waals surface area (Å²) >= 11 is 7.85. The highest BCUT2D eigenvalue weighted by Crippen LogP contribution is 2.27. The van der Waals surface area contributed by atoms with Crippen molar-refractivity contribution in [3.63, 3.8) is 0 Å². The normalized spacial score (nSPS) is 11.6. The van der Waals surface area contributed by atoms with Crippen LogP contribution >= 0.6 is 22.9 Å². The van der Waals surface area contributed by atoms with Crippen molar-refractivity contribution in [1.29, 1.82) is 0 Å². The molecule has 0 aliphatic heterocycles. The summed E-state index contributed by atoms with van der Waals surface area (Å²) in [5.74, 6) is 0. The van der Waals surface area contributed by atoms with Crippen LogP contribution in [0, 0.1) is 13.8 Å². The van der Waals surface area contributed by atoms with Gasteiger partial charge in [-0.15, -0.1) is 11.3 Å². The van der Waals surface area contributed by atoms with Crippen LogP contribution in [0.1, 0.15) is 15.3 Å². The van der Waals surface area contributed by atoms with Crippen LogP contribution in [0.15, 0.2) is 29.2 Å². The fourth-order valence-corrected chi connectivity index (χ4v) is 3.70. The van der Waals surface area contributed by atoms with Gasteiger partial charge in [0.2, 0.25) is 0 Å². The number of hydrogen-bond donors (Lipinski definition) is 1. The van der Waals surface area contributed by atoms with Crippen molar-refractivity contribution in [3.05, 3.63) is 44.6 Å². The maximum Gasteiger partial charge on any atom is 0.175 e. The molecule has 0 bridgehead atoms. The molecule has 1 heterocycles. The predicted molar refractivity (Wildman–Crippen MR) is 85.7 cm³/mol. The van der Waals surface area contributed by atoms with Gasteiger partial charge in [-0.1, -0.05) is 11.6 Å². The van der Waals surface area contributed by atoms with Gasteiger partial charge in [0, 0.05) is 22.6 Å². The SMILES string of the molecule is Cc1cc(CNc2cc(S(C)(=O)=O)ccc2Cl)c(C)s1. The summed E-state index contributed by atoms with van der Waals surface area (Å²) < 4.78 is 23.1. The van der Waals surface area contributed by atoms with Crippen LogP contribution in [0.4, 0.5) is 5.69 Å². The summed E-state index contributed by atoms with van der Waals surface area (Å²) in [4.78, 5) is 2.78. The highest BCUT2D eigenvalue weighted by Gasteiger charge is 2.11. The van der Waals surface area contributed by atoms with E-state index < -0.39 is 9.84 Å². The van der Waals surface area contributed by atoms with Crippen LogP contribution in [-0.4, -0.2) is 14.7 Å². The zero-order valence-electron chi connectivity index (χ0n) is 11.5. The Morgan fingerprint density at radius 2 is 1.95 bits per heavy atom. The van der Waals surface area contributed by atoms with Gasteiger partial charge in [0.15, 0.2) is 9.84 Å². The summed E-state index contributed by atoms with van der Waals surface area (Å²) in [5, 5.41) is 3.72. The largest absolute Gasteiger partial charge is 0.380 e. The van der Waals surface area contributed by atoms with Gasteiger partial charge in [-0.05, 0) is 43.7 Å². The first kappa shape index (κ1) is 15.4. The highest BCUT2D eigenvalue weighted by atomic mass is 35.5. The van der Waals surface area contributed by atoms with E-state index in [1.807, 2.05) is 0 Å². The molecule has 2 aromatic rings. The number of benzene rings is 1. The van der Waals surface area contributed by atoms with Crippen molar-refractivity contribution < 1.29 is 8.42 Å². The van der Waals surface area contributed by atoms with Gasteiger partial charge < -0.3 is 5.32 Å². The predicted octanol–water partition coefficient (Wildman–Crippen LogP) is 4.03. The summed E-state index contributed by atoms with van der Waals surface area (Å²) in [7, 11) is -3.23. The van der Waals surface area contributed by atoms with Crippen LogP contribution in [0.25, 0.3) is 0 Å². The molecular weight excluding hydrogens is 314 g/mol. The first-order valence-electron chi connectivity index (χ1n) is 6.07. The maximum absolute atomic E-state index is 11.6. The Labute approximate surface area is 128 Å². The minimum absolute atomic E-state index is 0.266. The highest BCUT2D eigenvalue weighted by molar-refractivity contribution is 7.90. The van der Waals surface area contributed by atoms with E-state index in [9.17, 15) is 8.42 Å². The zero-order chi connectivity index (χ0) is 14.9. The van der Waals surface area contributed by atoms with E-state index >= 15 is 0 Å². The molecule has 0 spiro atoms. The number of aryl methyl sites for hydroxylation is 2. The molecule has 0 saturated heterocycles. The molecule has 0 amide bonds. The van der Waals surface area contributed by atoms with Gasteiger partial charge in [-0.2, -0.15) is 0 Å². The molecule has 6 heteroatoms. The summed E-state index contributed by atoms with van der Waals surface area (Å²) in [5.41, 5.74) is 1.84. The molecule has 3 nitrogen and oxygen atoms in total. The second kappa shape index (κ2) is 5.76. The fraction of sp³-hybridized carbons (Fsp3) is 0.286. The lowest BCUT2D eigenvalue weighted by Gasteiger charge is -2.10. The Balaban J connectivity index is 2.23. The average molecular weight is 330 g/mol. The Morgan fingerprint density at radius 1 is 1.25 bits per heavy atom. The van der Waals surface area contributed by atoms with Gasteiger partial charge in [0.1, 0.15) is 0 Å². The van der Waals surface area contributed by atoms with Crippen LogP contribution in [-0.2, 0) is 16.4 Å². The first-order chi connectivity index (χ1) is 9.27. The standard InChI is InChI=1S/C14H16ClNO2S2/c1-9-6-11(10(2)19-9)8-16-14-7-12(20(3,17)18)4-5-13(14)15/h4-7,16H,8H2,1-3H3. The van der Waals surface area contributed by atoms with Crippen molar-refractivity contribution in [1.82, 2.24) is 0 Å². The molecule has 0 radical (unpaired) electrons. The third-order valence-corrected chi connectivity index (χ3v) is 5.43. The number of anilines is 1. The molecule has 0 aliphatic carbocycles. The first-order valence-corrected chi connectivity index (χ1v) is 9.15. The molecule has 0 aliphatic rings. The Hall–Kier alpha value is -1.04. The average Bonchev–Trinajstić information content (AvgIpc) is 2.65. The van der Waals surface area contributed by atoms with Crippen molar-refractivity contribution in [2.45, 2.75) is 25.3 Å². The van der Waals surface area contributed by atoms with Gasteiger partial charge in [-0.3, -0.25) is 0 Å². The second-order valence-corrected chi connectivity index (χ2v) is 8.59. The molecule has 0 unspecified atom stereocenters. The third-order valence-electron chi connectivity index (χ3n) is 2.98. The molecule has 2 rings (SSSR count). The van der Waals surface area contributed by atoms with Crippen molar-refractivity contribution in [2.24, 2.45) is 0 Å². The number of halogens is 1. The van der Waals surface area contributed by atoms with Gasteiger partial charge >= 0.3 is 0 Å². The number of rotatable bonds is 4. The number of thiophene rings is 1. The molecule has 20 heavy (non-hydrogen) atoms. The van der Waals surface area contributed by atoms with Crippen LogP contribution in [0.2, 0.25) is 5.02 Å². The monoisotopic (exact) mass is 329 g/mol. The topological polar surface area (TPSA) is 46.2 Å². The molecule has 0 saturated carbocycles. The lowest BCUT2D eigenvalue weighted by molar-refractivity contribution is 0.602. The fourth-order valence-electron chi connectivity index (χ4n) is 1.92. The van der Waals surface area contributed by atoms with Gasteiger partial charge in [-0.25, -0.2) is 8.42 Å². The zero-order valence-corrected chi connectivity index (χ0v) is 13.9. The van der Waals surface area contributed by atoms with Crippen LogP contribution in [0.3, 0.4) is 0 Å². The van der Waals surface area contributed by atoms with Crippen LogP contribution in [0.5, 0.6) is 0 Å². The minimum atomic E-state index is -3.23. The lowest BCUT2D eigenvalue weighted by atomic mass is 10.2.